The van der Waals surface area contributed by atoms with Crippen molar-refractivity contribution in [2.75, 3.05) is 7.11 Å². The Morgan fingerprint density at radius 1 is 1.07 bits per heavy atom. The summed E-state index contributed by atoms with van der Waals surface area (Å²) in [5.41, 5.74) is 2.56. The number of aryl methyl sites for hydroxylation is 1. The molecule has 0 bridgehead atoms. The fourth-order valence-corrected chi connectivity index (χ4v) is 3.60. The van der Waals surface area contributed by atoms with Crippen molar-refractivity contribution in [2.45, 2.75) is 33.4 Å². The molecule has 0 saturated heterocycles. The highest BCUT2D eigenvalue weighted by atomic mass is 32.1. The first kappa shape index (κ1) is 20.9. The van der Waals surface area contributed by atoms with Gasteiger partial charge in [-0.2, -0.15) is 0 Å². The van der Waals surface area contributed by atoms with E-state index in [1.807, 2.05) is 48.7 Å². The van der Waals surface area contributed by atoms with Gasteiger partial charge in [-0.3, -0.25) is 4.79 Å². The first-order chi connectivity index (χ1) is 14.0. The lowest BCUT2D eigenvalue weighted by atomic mass is 9.95. The molecule has 152 valence electrons. The van der Waals surface area contributed by atoms with Crippen molar-refractivity contribution in [1.82, 2.24) is 10.3 Å². The molecule has 1 atom stereocenters. The van der Waals surface area contributed by atoms with E-state index in [0.29, 0.717) is 17.9 Å². The fraction of sp³-hybridized carbons (Fsp3) is 0.304. The molecule has 1 unspecified atom stereocenters. The van der Waals surface area contributed by atoms with Crippen LogP contribution in [-0.4, -0.2) is 18.0 Å². The largest absolute Gasteiger partial charge is 0.497 e. The quantitative estimate of drug-likeness (QED) is 0.557. The van der Waals surface area contributed by atoms with Crippen LogP contribution in [0.15, 0.2) is 53.9 Å². The number of nitrogens with one attached hydrogen (secondary N) is 1. The van der Waals surface area contributed by atoms with E-state index in [9.17, 15) is 4.79 Å². The van der Waals surface area contributed by atoms with E-state index in [4.69, 9.17) is 9.47 Å². The number of thiazole rings is 1. The molecule has 0 aliphatic heterocycles. The van der Waals surface area contributed by atoms with Crippen molar-refractivity contribution in [2.24, 2.45) is 5.92 Å². The Bertz CT molecular complexity index is 934. The van der Waals surface area contributed by atoms with Crippen molar-refractivity contribution in [1.29, 1.82) is 0 Å². The van der Waals surface area contributed by atoms with Crippen molar-refractivity contribution < 1.29 is 14.3 Å². The number of carbonyl (C=O) groups excluding carboxylic acids is 1. The van der Waals surface area contributed by atoms with E-state index < -0.39 is 0 Å². The third kappa shape index (κ3) is 5.57. The summed E-state index contributed by atoms with van der Waals surface area (Å²) in [5.74, 6) is 1.64. The number of amides is 1. The molecule has 1 amide bonds. The summed E-state index contributed by atoms with van der Waals surface area (Å²) in [6, 6.07) is 14.9. The van der Waals surface area contributed by atoms with E-state index in [1.54, 1.807) is 30.6 Å². The number of ether oxygens (including phenoxy) is 2. The van der Waals surface area contributed by atoms with Crippen LogP contribution in [0, 0.1) is 12.8 Å². The van der Waals surface area contributed by atoms with Gasteiger partial charge in [-0.25, -0.2) is 4.98 Å². The van der Waals surface area contributed by atoms with Gasteiger partial charge in [-0.05, 0) is 54.8 Å². The van der Waals surface area contributed by atoms with Crippen LogP contribution in [0.4, 0.5) is 0 Å². The lowest BCUT2D eigenvalue weighted by molar-refractivity contribution is 0.0925. The van der Waals surface area contributed by atoms with E-state index in [-0.39, 0.29) is 17.9 Å². The zero-order chi connectivity index (χ0) is 20.8. The molecule has 1 N–H and O–H groups in total. The van der Waals surface area contributed by atoms with Crippen LogP contribution in [0.2, 0.25) is 0 Å². The molecule has 1 aromatic heterocycles. The Balaban J connectivity index is 1.63. The van der Waals surface area contributed by atoms with Gasteiger partial charge in [0.2, 0.25) is 0 Å². The molecule has 0 radical (unpaired) electrons. The van der Waals surface area contributed by atoms with E-state index in [0.717, 1.165) is 22.0 Å². The van der Waals surface area contributed by atoms with E-state index in [1.165, 1.54) is 0 Å². The van der Waals surface area contributed by atoms with Crippen LogP contribution in [0.3, 0.4) is 0 Å². The maximum Gasteiger partial charge on any atom is 0.251 e. The number of methoxy groups -OCH3 is 1. The normalized spacial score (nSPS) is 11.9. The minimum Gasteiger partial charge on any atom is -0.497 e. The number of hydrogen-bond acceptors (Lipinski definition) is 5. The summed E-state index contributed by atoms with van der Waals surface area (Å²) in [5, 5.41) is 6.15. The molecule has 0 aliphatic carbocycles. The number of carbonyl (C=O) groups is 1. The highest BCUT2D eigenvalue weighted by Crippen LogP contribution is 2.25. The Hall–Kier alpha value is -2.86. The predicted molar refractivity (Wildman–Crippen MR) is 116 cm³/mol. The van der Waals surface area contributed by atoms with Gasteiger partial charge in [0.05, 0.1) is 23.9 Å². The van der Waals surface area contributed by atoms with Gasteiger partial charge in [0.25, 0.3) is 5.91 Å². The topological polar surface area (TPSA) is 60.5 Å². The monoisotopic (exact) mass is 410 g/mol. The average molecular weight is 411 g/mol. The molecule has 1 heterocycles. The molecule has 0 fully saturated rings. The van der Waals surface area contributed by atoms with Gasteiger partial charge in [0.15, 0.2) is 0 Å². The molecule has 5 nitrogen and oxygen atoms in total. The third-order valence-corrected chi connectivity index (χ3v) is 5.42. The molecular weight excluding hydrogens is 384 g/mol. The average Bonchev–Trinajstić information content (AvgIpc) is 3.15. The van der Waals surface area contributed by atoms with Gasteiger partial charge >= 0.3 is 0 Å². The Kier molecular flexibility index (Phi) is 6.88. The lowest BCUT2D eigenvalue weighted by Gasteiger charge is -2.23. The van der Waals surface area contributed by atoms with Crippen molar-refractivity contribution in [3.8, 4) is 11.5 Å². The molecule has 0 spiro atoms. The Morgan fingerprint density at radius 3 is 2.28 bits per heavy atom. The Labute approximate surface area is 175 Å². The van der Waals surface area contributed by atoms with Gasteiger partial charge in [-0.15, -0.1) is 11.3 Å². The Morgan fingerprint density at radius 2 is 1.72 bits per heavy atom. The lowest BCUT2D eigenvalue weighted by Crippen LogP contribution is -2.31. The maximum absolute atomic E-state index is 12.8. The zero-order valence-corrected chi connectivity index (χ0v) is 18.0. The molecule has 6 heteroatoms. The molecule has 0 aliphatic rings. The van der Waals surface area contributed by atoms with Crippen LogP contribution >= 0.6 is 11.3 Å². The van der Waals surface area contributed by atoms with E-state index in [2.05, 4.69) is 24.1 Å². The minimum atomic E-state index is -0.110. The van der Waals surface area contributed by atoms with Crippen molar-refractivity contribution >= 4 is 17.2 Å². The maximum atomic E-state index is 12.8. The highest BCUT2D eigenvalue weighted by molar-refractivity contribution is 7.09. The van der Waals surface area contributed by atoms with Crippen LogP contribution in [-0.2, 0) is 6.61 Å². The summed E-state index contributed by atoms with van der Waals surface area (Å²) in [6.07, 6.45) is 0. The van der Waals surface area contributed by atoms with Gasteiger partial charge in [0.1, 0.15) is 18.1 Å². The van der Waals surface area contributed by atoms with Gasteiger partial charge in [0, 0.05) is 10.9 Å². The zero-order valence-electron chi connectivity index (χ0n) is 17.1. The molecule has 29 heavy (non-hydrogen) atoms. The third-order valence-electron chi connectivity index (χ3n) is 4.60. The van der Waals surface area contributed by atoms with Crippen LogP contribution in [0.5, 0.6) is 11.5 Å². The second-order valence-corrected chi connectivity index (χ2v) is 8.20. The number of rotatable bonds is 8. The smallest absolute Gasteiger partial charge is 0.251 e. The first-order valence-electron chi connectivity index (χ1n) is 9.55. The molecular formula is C23H26N2O3S. The van der Waals surface area contributed by atoms with Crippen molar-refractivity contribution in [3.63, 3.8) is 0 Å². The minimum absolute atomic E-state index is 0.0859. The van der Waals surface area contributed by atoms with Crippen LogP contribution in [0.1, 0.15) is 46.5 Å². The highest BCUT2D eigenvalue weighted by Gasteiger charge is 2.19. The first-order valence-corrected chi connectivity index (χ1v) is 10.4. The summed E-state index contributed by atoms with van der Waals surface area (Å²) < 4.78 is 11.0. The van der Waals surface area contributed by atoms with Crippen molar-refractivity contribution in [3.05, 3.63) is 75.7 Å². The second kappa shape index (κ2) is 9.56. The fourth-order valence-electron chi connectivity index (χ4n) is 3.01. The van der Waals surface area contributed by atoms with Gasteiger partial charge in [-0.1, -0.05) is 26.0 Å². The summed E-state index contributed by atoms with van der Waals surface area (Å²) in [6.45, 7) is 6.57. The SMILES string of the molecule is COc1ccc(C(NC(=O)c2ccc(OCc3csc(C)n3)cc2)C(C)C)cc1. The van der Waals surface area contributed by atoms with Crippen LogP contribution in [0.25, 0.3) is 0 Å². The van der Waals surface area contributed by atoms with Crippen LogP contribution < -0.4 is 14.8 Å². The van der Waals surface area contributed by atoms with E-state index >= 15 is 0 Å². The standard InChI is InChI=1S/C23H26N2O3S/c1-15(2)22(17-5-9-20(27-4)10-6-17)25-23(26)18-7-11-21(12-8-18)28-13-19-14-29-16(3)24-19/h5-12,14-15,22H,13H2,1-4H3,(H,25,26). The van der Waals surface area contributed by atoms with Gasteiger partial charge < -0.3 is 14.8 Å². The molecule has 2 aromatic carbocycles. The molecule has 3 aromatic rings. The number of aromatic nitrogens is 1. The number of hydrogen-bond donors (Lipinski definition) is 1. The molecule has 0 saturated carbocycles. The number of benzene rings is 2. The second-order valence-electron chi connectivity index (χ2n) is 7.14. The summed E-state index contributed by atoms with van der Waals surface area (Å²) in [7, 11) is 1.64. The number of nitrogens with zero attached hydrogens (tertiary/aromatic N) is 1. The molecule has 3 rings (SSSR count). The predicted octanol–water partition coefficient (Wildman–Crippen LogP) is 5.17. The summed E-state index contributed by atoms with van der Waals surface area (Å²) >= 11 is 1.60. The summed E-state index contributed by atoms with van der Waals surface area (Å²) in [4.78, 5) is 17.1.